The fourth-order valence-corrected chi connectivity index (χ4v) is 2.55. The SMILES string of the molecule is COC(=O)CN(C(=O)N(CC(=O)O)C1CCCC1)C(C)C. The maximum absolute atomic E-state index is 12.6. The summed E-state index contributed by atoms with van der Waals surface area (Å²) < 4.78 is 4.60. The number of methoxy groups -OCH3 is 1. The summed E-state index contributed by atoms with van der Waals surface area (Å²) in [6.07, 6.45) is 3.60. The van der Waals surface area contributed by atoms with Gasteiger partial charge in [-0.3, -0.25) is 9.59 Å². The molecule has 0 unspecified atom stereocenters. The van der Waals surface area contributed by atoms with Gasteiger partial charge in [0, 0.05) is 12.1 Å². The standard InChI is InChI=1S/C14H24N2O5/c1-10(2)15(9-13(19)21-3)14(20)16(8-12(17)18)11-6-4-5-7-11/h10-11H,4-9H2,1-3H3,(H,17,18). The first-order valence-corrected chi connectivity index (χ1v) is 7.22. The number of hydrogen-bond donors (Lipinski definition) is 1. The van der Waals surface area contributed by atoms with Crippen LogP contribution < -0.4 is 0 Å². The van der Waals surface area contributed by atoms with Crippen LogP contribution >= 0.6 is 0 Å². The summed E-state index contributed by atoms with van der Waals surface area (Å²) in [5.74, 6) is -1.56. The molecule has 1 N–H and O–H groups in total. The number of carboxylic acids is 1. The van der Waals surface area contributed by atoms with Gasteiger partial charge in [0.1, 0.15) is 13.1 Å². The highest BCUT2D eigenvalue weighted by molar-refractivity contribution is 5.84. The van der Waals surface area contributed by atoms with Crippen LogP contribution in [0.2, 0.25) is 0 Å². The number of hydrogen-bond acceptors (Lipinski definition) is 4. The molecule has 1 fully saturated rings. The number of amides is 2. The number of urea groups is 1. The van der Waals surface area contributed by atoms with Gasteiger partial charge < -0.3 is 19.6 Å². The van der Waals surface area contributed by atoms with Crippen molar-refractivity contribution >= 4 is 18.0 Å². The monoisotopic (exact) mass is 300 g/mol. The van der Waals surface area contributed by atoms with Crippen LogP contribution in [0.25, 0.3) is 0 Å². The molecule has 1 aliphatic rings. The average Bonchev–Trinajstić information content (AvgIpc) is 2.94. The molecule has 21 heavy (non-hydrogen) atoms. The molecule has 0 aliphatic heterocycles. The Bertz CT molecular complexity index is 391. The molecule has 0 aromatic carbocycles. The van der Waals surface area contributed by atoms with Crippen LogP contribution in [0, 0.1) is 0 Å². The topological polar surface area (TPSA) is 87.2 Å². The maximum Gasteiger partial charge on any atom is 0.325 e. The molecular formula is C14H24N2O5. The summed E-state index contributed by atoms with van der Waals surface area (Å²) in [5, 5.41) is 9.04. The second kappa shape index (κ2) is 7.85. The lowest BCUT2D eigenvalue weighted by molar-refractivity contribution is -0.141. The molecule has 0 radical (unpaired) electrons. The van der Waals surface area contributed by atoms with Crippen molar-refractivity contribution < 1.29 is 24.2 Å². The predicted molar refractivity (Wildman–Crippen MR) is 75.9 cm³/mol. The van der Waals surface area contributed by atoms with Gasteiger partial charge in [-0.25, -0.2) is 4.79 Å². The maximum atomic E-state index is 12.6. The van der Waals surface area contributed by atoms with E-state index < -0.39 is 18.0 Å². The van der Waals surface area contributed by atoms with Gasteiger partial charge in [-0.15, -0.1) is 0 Å². The van der Waals surface area contributed by atoms with E-state index in [1.165, 1.54) is 16.9 Å². The van der Waals surface area contributed by atoms with Crippen molar-refractivity contribution in [2.45, 2.75) is 51.6 Å². The number of esters is 1. The largest absolute Gasteiger partial charge is 0.480 e. The van der Waals surface area contributed by atoms with Crippen molar-refractivity contribution in [1.82, 2.24) is 9.80 Å². The average molecular weight is 300 g/mol. The molecule has 1 rings (SSSR count). The van der Waals surface area contributed by atoms with Gasteiger partial charge >= 0.3 is 18.0 Å². The van der Waals surface area contributed by atoms with E-state index in [0.29, 0.717) is 0 Å². The number of aliphatic carboxylic acids is 1. The number of rotatable bonds is 6. The molecule has 0 aromatic heterocycles. The summed E-state index contributed by atoms with van der Waals surface area (Å²) in [5.41, 5.74) is 0. The number of carbonyl (C=O) groups excluding carboxylic acids is 2. The predicted octanol–water partition coefficient (Wildman–Crippen LogP) is 1.32. The molecule has 1 saturated carbocycles. The van der Waals surface area contributed by atoms with Gasteiger partial charge in [0.05, 0.1) is 7.11 Å². The number of carbonyl (C=O) groups is 3. The Labute approximate surface area is 124 Å². The van der Waals surface area contributed by atoms with Crippen molar-refractivity contribution in [3.63, 3.8) is 0 Å². The van der Waals surface area contributed by atoms with Crippen molar-refractivity contribution in [3.05, 3.63) is 0 Å². The Morgan fingerprint density at radius 2 is 1.76 bits per heavy atom. The molecule has 120 valence electrons. The smallest absolute Gasteiger partial charge is 0.325 e. The molecule has 0 spiro atoms. The van der Waals surface area contributed by atoms with Crippen molar-refractivity contribution in [3.8, 4) is 0 Å². The number of carboxylic acid groups (broad SMARTS) is 1. The van der Waals surface area contributed by atoms with Gasteiger partial charge in [-0.05, 0) is 26.7 Å². The van der Waals surface area contributed by atoms with Crippen LogP contribution in [0.5, 0.6) is 0 Å². The summed E-state index contributed by atoms with van der Waals surface area (Å²) in [4.78, 5) is 37.9. The van der Waals surface area contributed by atoms with E-state index in [2.05, 4.69) is 4.74 Å². The van der Waals surface area contributed by atoms with E-state index >= 15 is 0 Å². The quantitative estimate of drug-likeness (QED) is 0.747. The Morgan fingerprint density at radius 3 is 2.19 bits per heavy atom. The highest BCUT2D eigenvalue weighted by atomic mass is 16.5. The van der Waals surface area contributed by atoms with E-state index in [1.807, 2.05) is 0 Å². The Hall–Kier alpha value is -1.79. The molecular weight excluding hydrogens is 276 g/mol. The fourth-order valence-electron chi connectivity index (χ4n) is 2.55. The first kappa shape index (κ1) is 17.3. The zero-order chi connectivity index (χ0) is 16.0. The molecule has 2 amide bonds. The molecule has 0 bridgehead atoms. The molecule has 0 atom stereocenters. The lowest BCUT2D eigenvalue weighted by Crippen LogP contribution is -2.53. The van der Waals surface area contributed by atoms with Gasteiger partial charge in [0.25, 0.3) is 0 Å². The molecule has 1 aliphatic carbocycles. The van der Waals surface area contributed by atoms with E-state index in [-0.39, 0.29) is 25.2 Å². The second-order valence-corrected chi connectivity index (χ2v) is 5.54. The van der Waals surface area contributed by atoms with Gasteiger partial charge in [0.2, 0.25) is 0 Å². The highest BCUT2D eigenvalue weighted by Crippen LogP contribution is 2.24. The minimum atomic E-state index is -1.04. The molecule has 0 aromatic rings. The summed E-state index contributed by atoms with van der Waals surface area (Å²) >= 11 is 0. The van der Waals surface area contributed by atoms with E-state index in [1.54, 1.807) is 13.8 Å². The van der Waals surface area contributed by atoms with Crippen LogP contribution in [0.1, 0.15) is 39.5 Å². The summed E-state index contributed by atoms with van der Waals surface area (Å²) in [7, 11) is 1.26. The lowest BCUT2D eigenvalue weighted by Gasteiger charge is -2.35. The van der Waals surface area contributed by atoms with Crippen molar-refractivity contribution in [1.29, 1.82) is 0 Å². The third kappa shape index (κ3) is 4.91. The Kier molecular flexibility index (Phi) is 6.45. The molecule has 7 nitrogen and oxygen atoms in total. The van der Waals surface area contributed by atoms with E-state index in [9.17, 15) is 14.4 Å². The summed E-state index contributed by atoms with van der Waals surface area (Å²) in [6.45, 7) is 3.06. The lowest BCUT2D eigenvalue weighted by atomic mass is 10.2. The number of ether oxygens (including phenoxy) is 1. The van der Waals surface area contributed by atoms with Crippen LogP contribution in [0.4, 0.5) is 4.79 Å². The molecule has 0 saturated heterocycles. The van der Waals surface area contributed by atoms with Crippen molar-refractivity contribution in [2.24, 2.45) is 0 Å². The van der Waals surface area contributed by atoms with Crippen molar-refractivity contribution in [2.75, 3.05) is 20.2 Å². The van der Waals surface area contributed by atoms with E-state index in [4.69, 9.17) is 5.11 Å². The van der Waals surface area contributed by atoms with Crippen LogP contribution in [0.3, 0.4) is 0 Å². The Morgan fingerprint density at radius 1 is 1.19 bits per heavy atom. The molecule has 0 heterocycles. The normalized spacial score (nSPS) is 15.0. The Balaban J connectivity index is 2.88. The minimum Gasteiger partial charge on any atom is -0.480 e. The van der Waals surface area contributed by atoms with Crippen LogP contribution in [-0.2, 0) is 14.3 Å². The van der Waals surface area contributed by atoms with Crippen LogP contribution in [0.15, 0.2) is 0 Å². The van der Waals surface area contributed by atoms with Gasteiger partial charge in [-0.1, -0.05) is 12.8 Å². The highest BCUT2D eigenvalue weighted by Gasteiger charge is 2.33. The molecule has 7 heteroatoms. The van der Waals surface area contributed by atoms with Gasteiger partial charge in [-0.2, -0.15) is 0 Å². The van der Waals surface area contributed by atoms with E-state index in [0.717, 1.165) is 25.7 Å². The fraction of sp³-hybridized carbons (Fsp3) is 0.786. The minimum absolute atomic E-state index is 0.0625. The third-order valence-corrected chi connectivity index (χ3v) is 3.71. The first-order chi connectivity index (χ1) is 9.86. The van der Waals surface area contributed by atoms with Crippen LogP contribution in [-0.4, -0.2) is 65.2 Å². The number of nitrogens with zero attached hydrogens (tertiary/aromatic N) is 2. The first-order valence-electron chi connectivity index (χ1n) is 7.22. The van der Waals surface area contributed by atoms with Gasteiger partial charge in [0.15, 0.2) is 0 Å². The zero-order valence-corrected chi connectivity index (χ0v) is 12.9. The summed E-state index contributed by atoms with van der Waals surface area (Å²) in [6, 6.07) is -0.688. The second-order valence-electron chi connectivity index (χ2n) is 5.54. The zero-order valence-electron chi connectivity index (χ0n) is 12.9. The third-order valence-electron chi connectivity index (χ3n) is 3.71.